The first-order valence-electron chi connectivity index (χ1n) is 14.0. The number of hydrogen-bond donors (Lipinski definition) is 1. The Labute approximate surface area is 235 Å². The third kappa shape index (κ3) is 9.98. The highest BCUT2D eigenvalue weighted by Crippen LogP contribution is 2.24. The van der Waals surface area contributed by atoms with Crippen LogP contribution in [0.25, 0.3) is 10.9 Å². The summed E-state index contributed by atoms with van der Waals surface area (Å²) in [5.41, 5.74) is 2.01. The highest BCUT2D eigenvalue weighted by atomic mass is 35.5. The van der Waals surface area contributed by atoms with Gasteiger partial charge in [0, 0.05) is 93.9 Å². The third-order valence-corrected chi connectivity index (χ3v) is 6.74. The summed E-state index contributed by atoms with van der Waals surface area (Å²) in [5, 5.41) is 5.38. The Hall–Kier alpha value is -2.52. The summed E-state index contributed by atoms with van der Waals surface area (Å²) < 4.78 is 0. The fourth-order valence-corrected chi connectivity index (χ4v) is 4.53. The fraction of sp³-hybridized carbons (Fsp3) is 0.552. The van der Waals surface area contributed by atoms with Crippen molar-refractivity contribution in [2.75, 3.05) is 84.5 Å². The zero-order chi connectivity index (χ0) is 27.8. The van der Waals surface area contributed by atoms with Crippen LogP contribution >= 0.6 is 11.6 Å². The molecule has 0 unspecified atom stereocenters. The van der Waals surface area contributed by atoms with Crippen LogP contribution in [0.1, 0.15) is 27.7 Å². The van der Waals surface area contributed by atoms with Crippen LogP contribution in [0.15, 0.2) is 52.7 Å². The van der Waals surface area contributed by atoms with E-state index in [1.807, 2.05) is 64.2 Å². The lowest BCUT2D eigenvalue weighted by Gasteiger charge is -2.36. The molecule has 9 heteroatoms. The van der Waals surface area contributed by atoms with E-state index in [4.69, 9.17) is 16.6 Å². The maximum Gasteiger partial charge on any atom is 0.126 e. The molecule has 2 aromatic rings. The molecule has 2 aliphatic rings. The summed E-state index contributed by atoms with van der Waals surface area (Å²) >= 11 is 6.11. The summed E-state index contributed by atoms with van der Waals surface area (Å²) in [5.74, 6) is 1.01. The van der Waals surface area contributed by atoms with Crippen molar-refractivity contribution >= 4 is 40.7 Å². The Balaban J connectivity index is 0.00000121. The normalized spacial score (nSPS) is 17.5. The van der Waals surface area contributed by atoms with E-state index in [2.05, 4.69) is 48.7 Å². The van der Waals surface area contributed by atoms with Crippen LogP contribution in [0.3, 0.4) is 0 Å². The quantitative estimate of drug-likeness (QED) is 0.382. The first-order chi connectivity index (χ1) is 18.6. The predicted molar refractivity (Wildman–Crippen MR) is 166 cm³/mol. The molecule has 1 aromatic carbocycles. The average molecular weight is 543 g/mol. The summed E-state index contributed by atoms with van der Waals surface area (Å²) in [7, 11) is 2.18. The Morgan fingerprint density at radius 3 is 2.37 bits per heavy atom. The molecular formula is C29H47ClN8. The zero-order valence-electron chi connectivity index (χ0n) is 24.0. The minimum absolute atomic E-state index is 0.708. The Bertz CT molecular complexity index is 1010. The molecule has 1 N–H and O–H groups in total. The number of pyridine rings is 1. The van der Waals surface area contributed by atoms with Gasteiger partial charge in [0.05, 0.1) is 12.2 Å². The third-order valence-electron chi connectivity index (χ3n) is 6.50. The maximum absolute atomic E-state index is 6.11. The van der Waals surface area contributed by atoms with Gasteiger partial charge in [0.1, 0.15) is 5.84 Å². The number of rotatable bonds is 8. The van der Waals surface area contributed by atoms with Crippen molar-refractivity contribution in [3.63, 3.8) is 0 Å². The van der Waals surface area contributed by atoms with Crippen LogP contribution in [-0.2, 0) is 0 Å². The number of halogens is 1. The van der Waals surface area contributed by atoms with Gasteiger partial charge >= 0.3 is 0 Å². The standard InChI is InChI=1S/C25H35ClN8.2C2H6/c1-27-7-6-25(30-20-33-13-11-31(2)12-14-33)34-17-15-32(16-18-34)10-9-29-23-5-8-28-24-19-21(26)3-4-22(23)24;2*1-2/h3-8,19H,1,9-18,20H2,2H3,(H,28,29);2*1-2H3/b7-6-,30-25+;;. The number of nitrogens with zero attached hydrogens (tertiary/aromatic N) is 7. The lowest BCUT2D eigenvalue weighted by molar-refractivity contribution is 0.156. The molecule has 2 fully saturated rings. The van der Waals surface area contributed by atoms with Gasteiger partial charge in [-0.25, -0.2) is 0 Å². The second-order valence-electron chi connectivity index (χ2n) is 8.85. The van der Waals surface area contributed by atoms with Crippen molar-refractivity contribution in [1.29, 1.82) is 0 Å². The van der Waals surface area contributed by atoms with E-state index in [-0.39, 0.29) is 0 Å². The topological polar surface area (TPSA) is 62.6 Å². The highest BCUT2D eigenvalue weighted by Gasteiger charge is 2.19. The minimum Gasteiger partial charge on any atom is -0.383 e. The fourth-order valence-electron chi connectivity index (χ4n) is 4.36. The lowest BCUT2D eigenvalue weighted by atomic mass is 10.2. The summed E-state index contributed by atoms with van der Waals surface area (Å²) in [6, 6.07) is 7.87. The molecular weight excluding hydrogens is 496 g/mol. The molecule has 38 heavy (non-hydrogen) atoms. The predicted octanol–water partition coefficient (Wildman–Crippen LogP) is 4.79. The molecule has 0 saturated carbocycles. The molecule has 0 amide bonds. The number of likely N-dealkylation sites (N-methyl/N-ethyl adjacent to an activating group) is 1. The van der Waals surface area contributed by atoms with Gasteiger partial charge in [-0.2, -0.15) is 0 Å². The van der Waals surface area contributed by atoms with Crippen molar-refractivity contribution in [3.05, 3.63) is 47.8 Å². The molecule has 0 spiro atoms. The van der Waals surface area contributed by atoms with Crippen molar-refractivity contribution in [1.82, 2.24) is 24.6 Å². The van der Waals surface area contributed by atoms with Crippen LogP contribution in [0.5, 0.6) is 0 Å². The van der Waals surface area contributed by atoms with Crippen LogP contribution in [-0.4, -0.2) is 116 Å². The van der Waals surface area contributed by atoms with E-state index in [0.29, 0.717) is 5.02 Å². The summed E-state index contributed by atoms with van der Waals surface area (Å²) in [4.78, 5) is 22.9. The molecule has 0 aliphatic carbocycles. The number of anilines is 1. The number of piperazine rings is 2. The Kier molecular flexibility index (Phi) is 14.9. The molecule has 0 atom stereocenters. The number of nitrogens with one attached hydrogen (secondary N) is 1. The van der Waals surface area contributed by atoms with E-state index in [1.165, 1.54) is 0 Å². The monoisotopic (exact) mass is 542 g/mol. The Morgan fingerprint density at radius 2 is 1.68 bits per heavy atom. The van der Waals surface area contributed by atoms with Gasteiger partial charge < -0.3 is 15.1 Å². The SMILES string of the molecule is C=N/C=C\C(=N/CN1CCN(C)CC1)N1CCN(CCNc2ccnc3cc(Cl)ccc23)CC1.CC.CC. The molecule has 0 bridgehead atoms. The molecule has 4 rings (SSSR count). The van der Waals surface area contributed by atoms with Crippen molar-refractivity contribution in [2.45, 2.75) is 27.7 Å². The van der Waals surface area contributed by atoms with Gasteiger partial charge in [0.15, 0.2) is 0 Å². The largest absolute Gasteiger partial charge is 0.383 e. The van der Waals surface area contributed by atoms with E-state index >= 15 is 0 Å². The van der Waals surface area contributed by atoms with E-state index in [0.717, 1.165) is 94.5 Å². The number of benzene rings is 1. The van der Waals surface area contributed by atoms with Crippen LogP contribution in [0, 0.1) is 0 Å². The van der Waals surface area contributed by atoms with Gasteiger partial charge in [-0.3, -0.25) is 24.8 Å². The van der Waals surface area contributed by atoms with Gasteiger partial charge in [0.25, 0.3) is 0 Å². The number of aromatic nitrogens is 1. The molecule has 2 aliphatic heterocycles. The maximum atomic E-state index is 6.11. The van der Waals surface area contributed by atoms with Crippen molar-refractivity contribution in [2.24, 2.45) is 9.98 Å². The molecule has 210 valence electrons. The van der Waals surface area contributed by atoms with Crippen LogP contribution in [0.2, 0.25) is 5.02 Å². The number of amidine groups is 1. The first kappa shape index (κ1) is 31.7. The van der Waals surface area contributed by atoms with Gasteiger partial charge in [-0.15, -0.1) is 0 Å². The summed E-state index contributed by atoms with van der Waals surface area (Å²) in [6.45, 7) is 22.5. The molecule has 1 aromatic heterocycles. The van der Waals surface area contributed by atoms with Crippen LogP contribution in [0.4, 0.5) is 5.69 Å². The lowest BCUT2D eigenvalue weighted by Crippen LogP contribution is -2.49. The minimum atomic E-state index is 0.708. The van der Waals surface area contributed by atoms with Gasteiger partial charge in [-0.05, 0) is 44.1 Å². The second-order valence-corrected chi connectivity index (χ2v) is 9.29. The number of fused-ring (bicyclic) bond motifs is 1. The van der Waals surface area contributed by atoms with Gasteiger partial charge in [0.2, 0.25) is 0 Å². The zero-order valence-corrected chi connectivity index (χ0v) is 24.8. The highest BCUT2D eigenvalue weighted by molar-refractivity contribution is 6.31. The molecule has 2 saturated heterocycles. The second kappa shape index (κ2) is 17.9. The number of hydrogen-bond acceptors (Lipinski definition) is 7. The first-order valence-corrected chi connectivity index (χ1v) is 14.3. The van der Waals surface area contributed by atoms with E-state index in [9.17, 15) is 0 Å². The molecule has 0 radical (unpaired) electrons. The number of aliphatic imine (C=N–C) groups is 2. The van der Waals surface area contributed by atoms with E-state index < -0.39 is 0 Å². The van der Waals surface area contributed by atoms with E-state index in [1.54, 1.807) is 6.20 Å². The van der Waals surface area contributed by atoms with Crippen molar-refractivity contribution < 1.29 is 0 Å². The summed E-state index contributed by atoms with van der Waals surface area (Å²) in [6.07, 6.45) is 5.56. The van der Waals surface area contributed by atoms with Crippen molar-refractivity contribution in [3.8, 4) is 0 Å². The van der Waals surface area contributed by atoms with Gasteiger partial charge in [-0.1, -0.05) is 39.3 Å². The average Bonchev–Trinajstić information content (AvgIpc) is 2.96. The smallest absolute Gasteiger partial charge is 0.126 e. The van der Waals surface area contributed by atoms with Crippen LogP contribution < -0.4 is 5.32 Å². The molecule has 3 heterocycles. The Morgan fingerprint density at radius 1 is 1.00 bits per heavy atom. The molecule has 8 nitrogen and oxygen atoms in total.